The van der Waals surface area contributed by atoms with Gasteiger partial charge in [0.05, 0.1) is 13.2 Å². The average molecular weight is 289 g/mol. The second kappa shape index (κ2) is 5.75. The van der Waals surface area contributed by atoms with Crippen LogP contribution in [0.1, 0.15) is 18.0 Å². The van der Waals surface area contributed by atoms with Gasteiger partial charge < -0.3 is 10.1 Å². The monoisotopic (exact) mass is 289 g/mol. The van der Waals surface area contributed by atoms with Gasteiger partial charge in [0.1, 0.15) is 0 Å². The van der Waals surface area contributed by atoms with Crippen LogP contribution < -0.4 is 10.1 Å². The molecule has 3 rings (SSSR count). The van der Waals surface area contributed by atoms with E-state index in [9.17, 15) is 4.39 Å². The number of nitrogens with one attached hydrogen (secondary N) is 1. The number of benzene rings is 2. The van der Waals surface area contributed by atoms with Crippen molar-refractivity contribution >= 4 is 17.4 Å². The lowest BCUT2D eigenvalue weighted by Crippen LogP contribution is -2.16. The van der Waals surface area contributed by atoms with Gasteiger partial charge >= 0.3 is 0 Å². The molecule has 1 aliphatic heterocycles. The highest BCUT2D eigenvalue weighted by molar-refractivity contribution is 7.99. The quantitative estimate of drug-likeness (QED) is 0.900. The molecule has 1 N–H and O–H groups in total. The van der Waals surface area contributed by atoms with E-state index in [1.54, 1.807) is 6.07 Å². The molecule has 1 atom stereocenters. The molecule has 2 aromatic rings. The number of methoxy groups -OCH3 is 1. The SMILES string of the molecule is COc1ccc(NC2CCSc3ccccc32)cc1F. The van der Waals surface area contributed by atoms with Gasteiger partial charge in [0.15, 0.2) is 11.6 Å². The predicted molar refractivity (Wildman–Crippen MR) is 81.1 cm³/mol. The Labute approximate surface area is 122 Å². The van der Waals surface area contributed by atoms with E-state index in [-0.39, 0.29) is 17.6 Å². The van der Waals surface area contributed by atoms with Crippen molar-refractivity contribution in [1.29, 1.82) is 0 Å². The van der Waals surface area contributed by atoms with E-state index >= 15 is 0 Å². The van der Waals surface area contributed by atoms with Crippen LogP contribution in [0.4, 0.5) is 10.1 Å². The second-order valence-electron chi connectivity index (χ2n) is 4.72. The van der Waals surface area contributed by atoms with Gasteiger partial charge in [0.2, 0.25) is 0 Å². The third-order valence-corrected chi connectivity index (χ3v) is 4.57. The fraction of sp³-hybridized carbons (Fsp3) is 0.250. The maximum absolute atomic E-state index is 13.7. The summed E-state index contributed by atoms with van der Waals surface area (Å²) in [6.45, 7) is 0. The Morgan fingerprint density at radius 3 is 2.90 bits per heavy atom. The molecule has 0 spiro atoms. The van der Waals surface area contributed by atoms with Gasteiger partial charge in [0, 0.05) is 22.4 Å². The van der Waals surface area contributed by atoms with Crippen LogP contribution >= 0.6 is 11.8 Å². The molecule has 0 bridgehead atoms. The number of hydrogen-bond acceptors (Lipinski definition) is 3. The van der Waals surface area contributed by atoms with Crippen LogP contribution in [0.2, 0.25) is 0 Å². The van der Waals surface area contributed by atoms with Crippen LogP contribution in [0.25, 0.3) is 0 Å². The smallest absolute Gasteiger partial charge is 0.167 e. The van der Waals surface area contributed by atoms with Crippen LogP contribution in [-0.4, -0.2) is 12.9 Å². The summed E-state index contributed by atoms with van der Waals surface area (Å²) in [5, 5.41) is 3.42. The molecule has 20 heavy (non-hydrogen) atoms. The summed E-state index contributed by atoms with van der Waals surface area (Å²) >= 11 is 1.88. The van der Waals surface area contributed by atoms with E-state index in [4.69, 9.17) is 4.74 Å². The first-order valence-electron chi connectivity index (χ1n) is 6.60. The van der Waals surface area contributed by atoms with Crippen molar-refractivity contribution in [3.8, 4) is 5.75 Å². The van der Waals surface area contributed by atoms with E-state index in [0.29, 0.717) is 0 Å². The molecule has 0 aliphatic carbocycles. The van der Waals surface area contributed by atoms with Gasteiger partial charge in [-0.05, 0) is 30.2 Å². The number of fused-ring (bicyclic) bond motifs is 1. The topological polar surface area (TPSA) is 21.3 Å². The molecule has 1 unspecified atom stereocenters. The van der Waals surface area contributed by atoms with Crippen molar-refractivity contribution in [3.63, 3.8) is 0 Å². The minimum atomic E-state index is -0.337. The summed E-state index contributed by atoms with van der Waals surface area (Å²) in [7, 11) is 1.47. The van der Waals surface area contributed by atoms with Crippen LogP contribution in [-0.2, 0) is 0 Å². The van der Waals surface area contributed by atoms with E-state index in [1.165, 1.54) is 23.6 Å². The third-order valence-electron chi connectivity index (χ3n) is 3.45. The van der Waals surface area contributed by atoms with Crippen molar-refractivity contribution in [3.05, 3.63) is 53.8 Å². The average Bonchev–Trinajstić information content (AvgIpc) is 2.48. The highest BCUT2D eigenvalue weighted by atomic mass is 32.2. The molecule has 0 saturated heterocycles. The molecule has 0 saturated carbocycles. The molecular formula is C16H16FNOS. The van der Waals surface area contributed by atoms with E-state index in [1.807, 2.05) is 23.9 Å². The fourth-order valence-electron chi connectivity index (χ4n) is 2.45. The van der Waals surface area contributed by atoms with Gasteiger partial charge in [-0.2, -0.15) is 0 Å². The van der Waals surface area contributed by atoms with Gasteiger partial charge in [-0.3, -0.25) is 0 Å². The normalized spacial score (nSPS) is 17.4. The molecule has 1 aliphatic rings. The Morgan fingerprint density at radius 1 is 1.25 bits per heavy atom. The number of thioether (sulfide) groups is 1. The first-order chi connectivity index (χ1) is 9.78. The van der Waals surface area contributed by atoms with E-state index in [0.717, 1.165) is 17.9 Å². The van der Waals surface area contributed by atoms with E-state index < -0.39 is 0 Å². The molecule has 0 amide bonds. The van der Waals surface area contributed by atoms with Crippen molar-refractivity contribution in [2.24, 2.45) is 0 Å². The molecule has 0 fully saturated rings. The zero-order valence-electron chi connectivity index (χ0n) is 11.2. The summed E-state index contributed by atoms with van der Waals surface area (Å²) in [4.78, 5) is 1.31. The molecule has 2 nitrogen and oxygen atoms in total. The predicted octanol–water partition coefficient (Wildman–Crippen LogP) is 4.48. The minimum Gasteiger partial charge on any atom is -0.494 e. The highest BCUT2D eigenvalue weighted by Crippen LogP contribution is 2.38. The molecule has 0 radical (unpaired) electrons. The molecule has 0 aromatic heterocycles. The molecule has 2 aromatic carbocycles. The minimum absolute atomic E-state index is 0.236. The number of ether oxygens (including phenoxy) is 1. The van der Waals surface area contributed by atoms with Crippen molar-refractivity contribution in [1.82, 2.24) is 0 Å². The largest absolute Gasteiger partial charge is 0.494 e. The summed E-state index contributed by atoms with van der Waals surface area (Å²) in [5.41, 5.74) is 2.08. The second-order valence-corrected chi connectivity index (χ2v) is 5.86. The lowest BCUT2D eigenvalue weighted by Gasteiger charge is -2.26. The van der Waals surface area contributed by atoms with Crippen LogP contribution in [0.15, 0.2) is 47.4 Å². The Balaban J connectivity index is 1.84. The Morgan fingerprint density at radius 2 is 2.10 bits per heavy atom. The van der Waals surface area contributed by atoms with Gasteiger partial charge in [-0.15, -0.1) is 11.8 Å². The molecule has 104 valence electrons. The van der Waals surface area contributed by atoms with Crippen molar-refractivity contribution < 1.29 is 9.13 Å². The summed E-state index contributed by atoms with van der Waals surface area (Å²) in [5.74, 6) is 1.01. The van der Waals surface area contributed by atoms with Crippen LogP contribution in [0.5, 0.6) is 5.75 Å². The Hall–Kier alpha value is -1.68. The zero-order valence-corrected chi connectivity index (χ0v) is 12.0. The number of hydrogen-bond donors (Lipinski definition) is 1. The van der Waals surface area contributed by atoms with E-state index in [2.05, 4.69) is 23.5 Å². The maximum Gasteiger partial charge on any atom is 0.167 e. The van der Waals surface area contributed by atoms with Gasteiger partial charge in [-0.25, -0.2) is 4.39 Å². The standard InChI is InChI=1S/C16H16FNOS/c1-19-15-7-6-11(10-13(15)17)18-14-8-9-20-16-5-3-2-4-12(14)16/h2-7,10,14,18H,8-9H2,1H3. The maximum atomic E-state index is 13.7. The summed E-state index contributed by atoms with van der Waals surface area (Å²) < 4.78 is 18.7. The summed E-state index contributed by atoms with van der Waals surface area (Å²) in [6, 6.07) is 13.6. The summed E-state index contributed by atoms with van der Waals surface area (Å²) in [6.07, 6.45) is 1.04. The molecular weight excluding hydrogens is 273 g/mol. The highest BCUT2D eigenvalue weighted by Gasteiger charge is 2.20. The number of anilines is 1. The Bertz CT molecular complexity index is 617. The number of rotatable bonds is 3. The van der Waals surface area contributed by atoms with Crippen molar-refractivity contribution in [2.75, 3.05) is 18.2 Å². The zero-order chi connectivity index (χ0) is 13.9. The third kappa shape index (κ3) is 2.61. The lowest BCUT2D eigenvalue weighted by molar-refractivity contribution is 0.386. The molecule has 4 heteroatoms. The first kappa shape index (κ1) is 13.3. The van der Waals surface area contributed by atoms with Gasteiger partial charge in [-0.1, -0.05) is 18.2 Å². The van der Waals surface area contributed by atoms with Gasteiger partial charge in [0.25, 0.3) is 0 Å². The first-order valence-corrected chi connectivity index (χ1v) is 7.58. The number of halogens is 1. The lowest BCUT2D eigenvalue weighted by atomic mass is 10.0. The molecule has 1 heterocycles. The van der Waals surface area contributed by atoms with Crippen LogP contribution in [0, 0.1) is 5.82 Å². The van der Waals surface area contributed by atoms with Crippen molar-refractivity contribution in [2.45, 2.75) is 17.4 Å². The van der Waals surface area contributed by atoms with Crippen LogP contribution in [0.3, 0.4) is 0 Å². The fourth-order valence-corrected chi connectivity index (χ4v) is 3.57. The Kier molecular flexibility index (Phi) is 3.83.